The normalized spacial score (nSPS) is 31.5. The van der Waals surface area contributed by atoms with Crippen LogP contribution < -0.4 is 10.2 Å². The lowest BCUT2D eigenvalue weighted by molar-refractivity contribution is -0.138. The van der Waals surface area contributed by atoms with Crippen molar-refractivity contribution in [2.24, 2.45) is 17.8 Å². The molecule has 0 radical (unpaired) electrons. The van der Waals surface area contributed by atoms with Gasteiger partial charge in [0.1, 0.15) is 5.75 Å². The highest BCUT2D eigenvalue weighted by atomic mass is 35.5. The van der Waals surface area contributed by atoms with Crippen LogP contribution >= 0.6 is 23.2 Å². The molecule has 3 aromatic rings. The van der Waals surface area contributed by atoms with Gasteiger partial charge in [0, 0.05) is 24.3 Å². The number of carbonyl (C=O) groups is 4. The molecular weight excluding hydrogens is 589 g/mol. The lowest BCUT2D eigenvalue weighted by atomic mass is 9.56. The number of likely N-dealkylation sites (tertiary alicyclic amines) is 1. The molecule has 3 aromatic carbocycles. The van der Waals surface area contributed by atoms with Crippen molar-refractivity contribution >= 4 is 63.9 Å². The minimum Gasteiger partial charge on any atom is -0.508 e. The number of hydrogen-bond donors (Lipinski definition) is 2. The van der Waals surface area contributed by atoms with Crippen molar-refractivity contribution in [3.8, 4) is 5.75 Å². The van der Waals surface area contributed by atoms with Gasteiger partial charge in [-0.05, 0) is 72.9 Å². The Labute approximate surface area is 257 Å². The Hall–Kier alpha value is -4.14. The van der Waals surface area contributed by atoms with E-state index in [1.807, 2.05) is 48.5 Å². The molecule has 8 nitrogen and oxygen atoms in total. The number of hydrogen-bond acceptors (Lipinski definition) is 6. The van der Waals surface area contributed by atoms with Gasteiger partial charge in [-0.25, -0.2) is 0 Å². The van der Waals surface area contributed by atoms with Crippen LogP contribution in [0.15, 0.2) is 90.5 Å². The molecule has 0 unspecified atom stereocenters. The lowest BCUT2D eigenvalue weighted by Gasteiger charge is -2.50. The van der Waals surface area contributed by atoms with Crippen molar-refractivity contribution in [2.75, 3.05) is 17.3 Å². The third-order valence-corrected chi connectivity index (χ3v) is 10.8. The van der Waals surface area contributed by atoms with Crippen LogP contribution in [0.5, 0.6) is 5.75 Å². The van der Waals surface area contributed by atoms with E-state index in [1.165, 1.54) is 24.1 Å². The molecule has 2 N–H and O–H groups in total. The van der Waals surface area contributed by atoms with Gasteiger partial charge in [0.15, 0.2) is 9.75 Å². The number of para-hydroxylation sites is 1. The van der Waals surface area contributed by atoms with E-state index in [2.05, 4.69) is 5.32 Å². The zero-order valence-corrected chi connectivity index (χ0v) is 24.5. The molecule has 43 heavy (non-hydrogen) atoms. The second-order valence-corrected chi connectivity index (χ2v) is 12.9. The molecular formula is C33H27Cl2N3O5. The molecule has 2 saturated heterocycles. The number of alkyl halides is 2. The molecule has 2 aliphatic heterocycles. The molecule has 0 spiro atoms. The quantitative estimate of drug-likeness (QED) is 0.233. The van der Waals surface area contributed by atoms with E-state index in [9.17, 15) is 24.3 Å². The Morgan fingerprint density at radius 1 is 0.814 bits per heavy atom. The van der Waals surface area contributed by atoms with Gasteiger partial charge in [0.05, 0.1) is 17.5 Å². The first-order chi connectivity index (χ1) is 20.6. The largest absolute Gasteiger partial charge is 0.508 e. The van der Waals surface area contributed by atoms with Crippen LogP contribution in [0.3, 0.4) is 0 Å². The van der Waals surface area contributed by atoms with Crippen molar-refractivity contribution in [3.63, 3.8) is 0 Å². The van der Waals surface area contributed by atoms with Gasteiger partial charge in [-0.2, -0.15) is 0 Å². The van der Waals surface area contributed by atoms with Crippen molar-refractivity contribution in [3.05, 3.63) is 96.1 Å². The fourth-order valence-electron chi connectivity index (χ4n) is 7.42. The Bertz CT molecular complexity index is 1710. The fraction of sp³-hybridized carbons (Fsp3) is 0.273. The number of aromatic hydroxyl groups is 1. The number of phenols is 1. The summed E-state index contributed by atoms with van der Waals surface area (Å²) in [6, 6.07) is 23.0. The number of anilines is 3. The number of benzene rings is 3. The number of nitrogens with zero attached hydrogens (tertiary/aromatic N) is 2. The van der Waals surface area contributed by atoms with E-state index in [-0.39, 0.29) is 30.4 Å². The van der Waals surface area contributed by atoms with Crippen LogP contribution in [0.25, 0.3) is 0 Å². The maximum absolute atomic E-state index is 14.1. The van der Waals surface area contributed by atoms with Gasteiger partial charge in [0.25, 0.3) is 11.8 Å². The Morgan fingerprint density at radius 2 is 1.47 bits per heavy atom. The molecule has 10 heteroatoms. The minimum absolute atomic E-state index is 0.0256. The molecule has 4 aliphatic rings. The number of carbonyl (C=O) groups excluding carboxylic acids is 4. The number of phenolic OH excluding ortho intramolecular Hbond substituents is 1. The molecule has 6 atom stereocenters. The van der Waals surface area contributed by atoms with Gasteiger partial charge >= 0.3 is 0 Å². The van der Waals surface area contributed by atoms with Gasteiger partial charge in [-0.3, -0.25) is 29.0 Å². The predicted molar refractivity (Wildman–Crippen MR) is 162 cm³/mol. The van der Waals surface area contributed by atoms with Crippen LogP contribution in [0.4, 0.5) is 17.1 Å². The van der Waals surface area contributed by atoms with Crippen molar-refractivity contribution in [1.82, 2.24) is 4.90 Å². The van der Waals surface area contributed by atoms with Crippen LogP contribution in [0, 0.1) is 17.8 Å². The second-order valence-electron chi connectivity index (χ2n) is 11.6. The number of rotatable bonds is 4. The van der Waals surface area contributed by atoms with Crippen LogP contribution in [0.1, 0.15) is 24.3 Å². The summed E-state index contributed by atoms with van der Waals surface area (Å²) in [7, 11) is 1.36. The summed E-state index contributed by atoms with van der Waals surface area (Å²) < 4.78 is 0. The predicted octanol–water partition coefficient (Wildman–Crippen LogP) is 5.33. The Kier molecular flexibility index (Phi) is 6.24. The summed E-state index contributed by atoms with van der Waals surface area (Å²) in [6.45, 7) is 0. The second kappa shape index (κ2) is 9.69. The van der Waals surface area contributed by atoms with Crippen LogP contribution in [-0.4, -0.2) is 50.4 Å². The first-order valence-electron chi connectivity index (χ1n) is 14.1. The first-order valence-corrected chi connectivity index (χ1v) is 14.8. The lowest BCUT2D eigenvalue weighted by Crippen LogP contribution is -2.60. The standard InChI is InChI=1S/C33H27Cl2N3O5/c1-37-30(42)32(34)17-25-23(27(33(32,35)31(37)43)18-7-13-22(39)14-8-18)15-16-24-26(25)29(41)38(28(24)40)21-11-9-20(10-12-21)36-19-5-3-2-4-6-19/h2-15,24-27,36,39H,16-17H2,1H3/t24-,25+,26-,27-,32+,33-/m0/s1. The van der Waals surface area contributed by atoms with Gasteiger partial charge in [-0.15, -0.1) is 23.2 Å². The zero-order chi connectivity index (χ0) is 30.3. The number of imide groups is 2. The highest BCUT2D eigenvalue weighted by Crippen LogP contribution is 2.65. The summed E-state index contributed by atoms with van der Waals surface area (Å²) in [6.07, 6.45) is 2.10. The molecule has 3 fully saturated rings. The van der Waals surface area contributed by atoms with Gasteiger partial charge in [-0.1, -0.05) is 42.0 Å². The minimum atomic E-state index is -1.85. The topological polar surface area (TPSA) is 107 Å². The van der Waals surface area contributed by atoms with Crippen LogP contribution in [-0.2, 0) is 19.2 Å². The molecule has 1 saturated carbocycles. The van der Waals surface area contributed by atoms with E-state index in [4.69, 9.17) is 23.2 Å². The first kappa shape index (κ1) is 27.7. The molecule has 218 valence electrons. The van der Waals surface area contributed by atoms with Crippen molar-refractivity contribution < 1.29 is 24.3 Å². The molecule has 2 heterocycles. The van der Waals surface area contributed by atoms with E-state index in [0.717, 1.165) is 16.3 Å². The average Bonchev–Trinajstić information content (AvgIpc) is 3.33. The Balaban J connectivity index is 1.26. The monoisotopic (exact) mass is 615 g/mol. The maximum atomic E-state index is 14.1. The summed E-state index contributed by atoms with van der Waals surface area (Å²) in [5, 5.41) is 13.2. The number of halogens is 2. The smallest absolute Gasteiger partial charge is 0.253 e. The fourth-order valence-corrected chi connectivity index (χ4v) is 8.44. The average molecular weight is 617 g/mol. The summed E-state index contributed by atoms with van der Waals surface area (Å²) in [5.41, 5.74) is 3.45. The van der Waals surface area contributed by atoms with E-state index in [0.29, 0.717) is 16.8 Å². The van der Waals surface area contributed by atoms with Gasteiger partial charge < -0.3 is 10.4 Å². The summed E-state index contributed by atoms with van der Waals surface area (Å²) in [4.78, 5) is 53.6. The number of allylic oxidation sites excluding steroid dienone is 2. The van der Waals surface area contributed by atoms with Gasteiger partial charge in [0.2, 0.25) is 11.8 Å². The summed E-state index contributed by atoms with van der Waals surface area (Å²) >= 11 is 14.3. The highest BCUT2D eigenvalue weighted by molar-refractivity contribution is 6.53. The number of nitrogens with one attached hydrogen (secondary N) is 1. The van der Waals surface area contributed by atoms with Crippen LogP contribution in [0.2, 0.25) is 0 Å². The molecule has 0 aromatic heterocycles. The van der Waals surface area contributed by atoms with Crippen molar-refractivity contribution in [2.45, 2.75) is 28.5 Å². The Morgan fingerprint density at radius 3 is 2.14 bits per heavy atom. The SMILES string of the molecule is CN1C(=O)[C@]2(Cl)C[C@@H]3C(=CC[C@@H]4C(=O)N(c5ccc(Nc6ccccc6)cc5)C(=O)[C@@H]43)[C@H](c3ccc(O)cc3)[C@]2(Cl)C1=O. The van der Waals surface area contributed by atoms with E-state index >= 15 is 0 Å². The third kappa shape index (κ3) is 3.82. The third-order valence-electron chi connectivity index (χ3n) is 9.43. The molecule has 2 aliphatic carbocycles. The highest BCUT2D eigenvalue weighted by Gasteiger charge is 2.75. The van der Waals surface area contributed by atoms with Crippen molar-refractivity contribution in [1.29, 1.82) is 0 Å². The molecule has 4 amide bonds. The molecule has 0 bridgehead atoms. The molecule has 7 rings (SSSR count). The zero-order valence-electron chi connectivity index (χ0n) is 23.0. The maximum Gasteiger partial charge on any atom is 0.253 e. The number of amides is 4. The number of fused-ring (bicyclic) bond motifs is 4. The summed E-state index contributed by atoms with van der Waals surface area (Å²) in [5.74, 6) is -4.78. The van der Waals surface area contributed by atoms with E-state index in [1.54, 1.807) is 24.3 Å². The van der Waals surface area contributed by atoms with E-state index < -0.39 is 45.2 Å².